The number of nitrogens with zero attached hydrogens (tertiary/aromatic N) is 1. The molecule has 0 bridgehead atoms. The average molecular weight is 332 g/mol. The fraction of sp³-hybridized carbons (Fsp3) is 0.500. The average Bonchev–Trinajstić information content (AvgIpc) is 2.41. The molecule has 7 heteroatoms. The zero-order chi connectivity index (χ0) is 15.8. The van der Waals surface area contributed by atoms with Crippen LogP contribution >= 0.6 is 11.6 Å². The number of hydrogen-bond donors (Lipinski definition) is 1. The molecule has 5 nitrogen and oxygen atoms in total. The largest absolute Gasteiger partial charge is 0.481 e. The highest BCUT2D eigenvalue weighted by Crippen LogP contribution is 2.31. The maximum absolute atomic E-state index is 12.8. The molecule has 2 atom stereocenters. The SMILES string of the molecule is Cc1c(Cl)cccc1S(=O)(=O)N1CCC(C(=O)O)CC1C. The van der Waals surface area contributed by atoms with Gasteiger partial charge in [-0.1, -0.05) is 17.7 Å². The van der Waals surface area contributed by atoms with Gasteiger partial charge in [0.15, 0.2) is 0 Å². The van der Waals surface area contributed by atoms with Crippen molar-refractivity contribution >= 4 is 27.6 Å². The first-order valence-electron chi connectivity index (χ1n) is 6.75. The van der Waals surface area contributed by atoms with Gasteiger partial charge in [-0.15, -0.1) is 0 Å². The van der Waals surface area contributed by atoms with Gasteiger partial charge in [0, 0.05) is 17.6 Å². The van der Waals surface area contributed by atoms with E-state index >= 15 is 0 Å². The smallest absolute Gasteiger partial charge is 0.306 e. The van der Waals surface area contributed by atoms with Gasteiger partial charge in [0.25, 0.3) is 0 Å². The van der Waals surface area contributed by atoms with Crippen molar-refractivity contribution in [2.45, 2.75) is 37.6 Å². The van der Waals surface area contributed by atoms with Gasteiger partial charge in [0.2, 0.25) is 10.0 Å². The molecule has 1 fully saturated rings. The first-order valence-corrected chi connectivity index (χ1v) is 8.56. The lowest BCUT2D eigenvalue weighted by Gasteiger charge is -2.35. The summed E-state index contributed by atoms with van der Waals surface area (Å²) in [4.78, 5) is 11.2. The Kier molecular flexibility index (Phi) is 4.60. The van der Waals surface area contributed by atoms with Crippen LogP contribution < -0.4 is 0 Å². The molecule has 0 radical (unpaired) electrons. The van der Waals surface area contributed by atoms with E-state index in [2.05, 4.69) is 0 Å². The first kappa shape index (κ1) is 16.3. The van der Waals surface area contributed by atoms with Gasteiger partial charge < -0.3 is 5.11 Å². The Morgan fingerprint density at radius 1 is 1.43 bits per heavy atom. The minimum atomic E-state index is -3.66. The summed E-state index contributed by atoms with van der Waals surface area (Å²) in [5.74, 6) is -1.34. The molecule has 1 saturated heterocycles. The van der Waals surface area contributed by atoms with Crippen molar-refractivity contribution in [2.24, 2.45) is 5.92 Å². The van der Waals surface area contributed by atoms with Crippen LogP contribution in [0.1, 0.15) is 25.3 Å². The molecular weight excluding hydrogens is 314 g/mol. The van der Waals surface area contributed by atoms with Crippen LogP contribution in [0.25, 0.3) is 0 Å². The monoisotopic (exact) mass is 331 g/mol. The molecule has 2 rings (SSSR count). The molecule has 0 saturated carbocycles. The number of carbonyl (C=O) groups is 1. The Hall–Kier alpha value is -1.11. The summed E-state index contributed by atoms with van der Waals surface area (Å²) in [6.07, 6.45) is 0.659. The molecule has 21 heavy (non-hydrogen) atoms. The molecule has 1 heterocycles. The van der Waals surface area contributed by atoms with Crippen LogP contribution in [0.2, 0.25) is 5.02 Å². The van der Waals surface area contributed by atoms with Crippen LogP contribution in [0.3, 0.4) is 0 Å². The Morgan fingerprint density at radius 3 is 2.67 bits per heavy atom. The lowest BCUT2D eigenvalue weighted by Crippen LogP contribution is -2.46. The van der Waals surface area contributed by atoms with Gasteiger partial charge in [0.05, 0.1) is 10.8 Å². The third-order valence-electron chi connectivity index (χ3n) is 3.97. The highest BCUT2D eigenvalue weighted by atomic mass is 35.5. The van der Waals surface area contributed by atoms with Gasteiger partial charge in [-0.05, 0) is 44.4 Å². The lowest BCUT2D eigenvalue weighted by atomic mass is 9.93. The third kappa shape index (κ3) is 3.07. The highest BCUT2D eigenvalue weighted by Gasteiger charge is 2.37. The van der Waals surface area contributed by atoms with Crippen molar-refractivity contribution in [3.63, 3.8) is 0 Å². The molecule has 0 aliphatic carbocycles. The number of rotatable bonds is 3. The maximum atomic E-state index is 12.8. The number of carboxylic acids is 1. The summed E-state index contributed by atoms with van der Waals surface area (Å²) in [5, 5.41) is 9.46. The Labute approximate surface area is 129 Å². The van der Waals surface area contributed by atoms with E-state index in [1.165, 1.54) is 10.4 Å². The third-order valence-corrected chi connectivity index (χ3v) is 6.54. The van der Waals surface area contributed by atoms with Crippen molar-refractivity contribution in [2.75, 3.05) is 6.54 Å². The van der Waals surface area contributed by atoms with E-state index in [4.69, 9.17) is 16.7 Å². The van der Waals surface area contributed by atoms with Crippen molar-refractivity contribution in [1.29, 1.82) is 0 Å². The van der Waals surface area contributed by atoms with Crippen molar-refractivity contribution in [3.8, 4) is 0 Å². The predicted octanol–water partition coefficient (Wildman–Crippen LogP) is 2.52. The number of hydrogen-bond acceptors (Lipinski definition) is 3. The molecule has 0 aromatic heterocycles. The topological polar surface area (TPSA) is 74.7 Å². The molecular formula is C14H18ClNO4S. The number of sulfonamides is 1. The highest BCUT2D eigenvalue weighted by molar-refractivity contribution is 7.89. The summed E-state index contributed by atoms with van der Waals surface area (Å²) in [6, 6.07) is 4.45. The Morgan fingerprint density at radius 2 is 2.10 bits per heavy atom. The molecule has 1 aromatic rings. The standard InChI is InChI=1S/C14H18ClNO4S/c1-9-8-11(14(17)18)6-7-16(9)21(19,20)13-5-3-4-12(15)10(13)2/h3-5,9,11H,6-8H2,1-2H3,(H,17,18). The fourth-order valence-electron chi connectivity index (χ4n) is 2.73. The van der Waals surface area contributed by atoms with Gasteiger partial charge in [-0.3, -0.25) is 4.79 Å². The van der Waals surface area contributed by atoms with Crippen LogP contribution in [-0.4, -0.2) is 36.4 Å². The second-order valence-electron chi connectivity index (χ2n) is 5.39. The first-order chi connectivity index (χ1) is 9.75. The van der Waals surface area contributed by atoms with E-state index in [-0.39, 0.29) is 17.5 Å². The molecule has 0 spiro atoms. The zero-order valence-corrected chi connectivity index (χ0v) is 13.5. The maximum Gasteiger partial charge on any atom is 0.306 e. The van der Waals surface area contributed by atoms with E-state index in [1.807, 2.05) is 0 Å². The molecule has 1 N–H and O–H groups in total. The normalized spacial score (nSPS) is 24.0. The number of aliphatic carboxylic acids is 1. The number of piperidine rings is 1. The quantitative estimate of drug-likeness (QED) is 0.923. The Bertz CT molecular complexity index is 659. The van der Waals surface area contributed by atoms with Gasteiger partial charge in [-0.2, -0.15) is 4.31 Å². The lowest BCUT2D eigenvalue weighted by molar-refractivity contribution is -0.143. The summed E-state index contributed by atoms with van der Waals surface area (Å²) in [7, 11) is -3.66. The van der Waals surface area contributed by atoms with Gasteiger partial charge in [-0.25, -0.2) is 8.42 Å². The molecule has 1 aliphatic rings. The summed E-state index contributed by atoms with van der Waals surface area (Å²) >= 11 is 6.00. The van der Waals surface area contributed by atoms with E-state index in [0.29, 0.717) is 23.4 Å². The molecule has 2 unspecified atom stereocenters. The van der Waals surface area contributed by atoms with E-state index < -0.39 is 21.9 Å². The second kappa shape index (κ2) is 5.94. The number of benzene rings is 1. The Balaban J connectivity index is 2.33. The van der Waals surface area contributed by atoms with E-state index in [1.54, 1.807) is 26.0 Å². The van der Waals surface area contributed by atoms with Crippen LogP contribution in [0, 0.1) is 12.8 Å². The van der Waals surface area contributed by atoms with Crippen LogP contribution in [0.4, 0.5) is 0 Å². The molecule has 116 valence electrons. The molecule has 1 aliphatic heterocycles. The van der Waals surface area contributed by atoms with Crippen LogP contribution in [-0.2, 0) is 14.8 Å². The van der Waals surface area contributed by atoms with Crippen molar-refractivity contribution < 1.29 is 18.3 Å². The van der Waals surface area contributed by atoms with Gasteiger partial charge >= 0.3 is 5.97 Å². The predicted molar refractivity (Wildman–Crippen MR) is 79.9 cm³/mol. The summed E-state index contributed by atoms with van der Waals surface area (Å²) < 4.78 is 26.9. The molecule has 0 amide bonds. The summed E-state index contributed by atoms with van der Waals surface area (Å²) in [6.45, 7) is 3.63. The fourth-order valence-corrected chi connectivity index (χ4v) is 4.86. The zero-order valence-electron chi connectivity index (χ0n) is 11.9. The van der Waals surface area contributed by atoms with Crippen LogP contribution in [0.5, 0.6) is 0 Å². The van der Waals surface area contributed by atoms with E-state index in [0.717, 1.165) is 0 Å². The van der Waals surface area contributed by atoms with Crippen LogP contribution in [0.15, 0.2) is 23.1 Å². The minimum Gasteiger partial charge on any atom is -0.481 e. The van der Waals surface area contributed by atoms with E-state index in [9.17, 15) is 13.2 Å². The number of halogens is 1. The van der Waals surface area contributed by atoms with Gasteiger partial charge in [0.1, 0.15) is 0 Å². The second-order valence-corrected chi connectivity index (χ2v) is 7.65. The minimum absolute atomic E-state index is 0.190. The van der Waals surface area contributed by atoms with Crippen molar-refractivity contribution in [1.82, 2.24) is 4.31 Å². The molecule has 1 aromatic carbocycles. The summed E-state index contributed by atoms with van der Waals surface area (Å²) in [5.41, 5.74) is 0.520. The number of carboxylic acid groups (broad SMARTS) is 1. The van der Waals surface area contributed by atoms with Crippen molar-refractivity contribution in [3.05, 3.63) is 28.8 Å².